The third kappa shape index (κ3) is 0.981. The smallest absolute Gasteiger partial charge is 0.111 e. The van der Waals surface area contributed by atoms with E-state index >= 15 is 0 Å². The zero-order valence-corrected chi connectivity index (χ0v) is 6.57. The van der Waals surface area contributed by atoms with Gasteiger partial charge in [-0.15, -0.1) is 0 Å². The van der Waals surface area contributed by atoms with E-state index in [2.05, 4.69) is 10.1 Å². The number of fused-ring (bicyclic) bond motifs is 1. The molecule has 3 nitrogen and oxygen atoms in total. The minimum absolute atomic E-state index is 0.957. The summed E-state index contributed by atoms with van der Waals surface area (Å²) < 4.78 is 1.77. The molecule has 11 heavy (non-hydrogen) atoms. The van der Waals surface area contributed by atoms with Crippen LogP contribution in [0.3, 0.4) is 0 Å². The Kier molecular flexibility index (Phi) is 1.18. The van der Waals surface area contributed by atoms with E-state index < -0.39 is 0 Å². The van der Waals surface area contributed by atoms with E-state index in [4.69, 9.17) is 0 Å². The summed E-state index contributed by atoms with van der Waals surface area (Å²) in [5.41, 5.74) is 3.07. The number of hydrogen-bond donors (Lipinski definition) is 0. The highest BCUT2D eigenvalue weighted by Gasteiger charge is 1.97. The van der Waals surface area contributed by atoms with Gasteiger partial charge in [0.2, 0.25) is 0 Å². The summed E-state index contributed by atoms with van der Waals surface area (Å²) in [7, 11) is 1.90. The monoisotopic (exact) mass is 147 g/mol. The number of aryl methyl sites for hydroxylation is 2. The standard InChI is InChI=1S/C8H9N3/c1-6-3-7-8(9-4-6)5-11(2)10-7/h3-5H,1-2H3. The number of rotatable bonds is 0. The van der Waals surface area contributed by atoms with Gasteiger partial charge in [0.1, 0.15) is 11.0 Å². The van der Waals surface area contributed by atoms with Crippen molar-refractivity contribution in [3.05, 3.63) is 24.0 Å². The van der Waals surface area contributed by atoms with Gasteiger partial charge < -0.3 is 0 Å². The lowest BCUT2D eigenvalue weighted by Gasteiger charge is -1.87. The molecule has 0 unspecified atom stereocenters. The summed E-state index contributed by atoms with van der Waals surface area (Å²) in [6.45, 7) is 2.02. The van der Waals surface area contributed by atoms with Gasteiger partial charge in [-0.25, -0.2) is 0 Å². The van der Waals surface area contributed by atoms with Gasteiger partial charge in [-0.1, -0.05) is 0 Å². The molecular formula is C8H9N3. The van der Waals surface area contributed by atoms with Crippen LogP contribution in [0.2, 0.25) is 0 Å². The molecule has 3 heteroatoms. The van der Waals surface area contributed by atoms with Crippen LogP contribution in [0, 0.1) is 6.92 Å². The Morgan fingerprint density at radius 1 is 1.36 bits per heavy atom. The van der Waals surface area contributed by atoms with Crippen molar-refractivity contribution in [1.82, 2.24) is 14.8 Å². The molecule has 0 aliphatic heterocycles. The molecule has 0 radical (unpaired) electrons. The van der Waals surface area contributed by atoms with Crippen molar-refractivity contribution in [1.29, 1.82) is 0 Å². The second kappa shape index (κ2) is 2.05. The molecule has 2 heterocycles. The summed E-state index contributed by atoms with van der Waals surface area (Å²) in [6, 6.07) is 2.03. The fraction of sp³-hybridized carbons (Fsp3) is 0.250. The summed E-state index contributed by atoms with van der Waals surface area (Å²) in [4.78, 5) is 4.22. The molecule has 2 aromatic heterocycles. The van der Waals surface area contributed by atoms with Crippen LogP contribution in [0.1, 0.15) is 5.56 Å². The van der Waals surface area contributed by atoms with Gasteiger partial charge in [-0.3, -0.25) is 9.67 Å². The van der Waals surface area contributed by atoms with Crippen LogP contribution in [-0.4, -0.2) is 14.8 Å². The van der Waals surface area contributed by atoms with Crippen LogP contribution in [0.5, 0.6) is 0 Å². The minimum Gasteiger partial charge on any atom is -0.273 e. The van der Waals surface area contributed by atoms with Crippen molar-refractivity contribution in [2.24, 2.45) is 7.05 Å². The van der Waals surface area contributed by atoms with Gasteiger partial charge in [0, 0.05) is 13.2 Å². The molecule has 0 saturated carbocycles. The third-order valence-electron chi connectivity index (χ3n) is 1.61. The Labute approximate surface area is 64.7 Å². The number of pyridine rings is 1. The van der Waals surface area contributed by atoms with Crippen molar-refractivity contribution >= 4 is 11.0 Å². The molecule has 0 aromatic carbocycles. The molecule has 0 spiro atoms. The molecule has 0 amide bonds. The highest BCUT2D eigenvalue weighted by molar-refractivity contribution is 5.73. The maximum atomic E-state index is 4.23. The molecule has 2 aromatic rings. The Balaban J connectivity index is 2.82. The lowest BCUT2D eigenvalue weighted by Crippen LogP contribution is -1.84. The largest absolute Gasteiger partial charge is 0.273 e. The maximum Gasteiger partial charge on any atom is 0.111 e. The van der Waals surface area contributed by atoms with E-state index in [1.165, 1.54) is 0 Å². The molecular weight excluding hydrogens is 138 g/mol. The number of aromatic nitrogens is 3. The fourth-order valence-electron chi connectivity index (χ4n) is 1.12. The van der Waals surface area contributed by atoms with Crippen LogP contribution < -0.4 is 0 Å². The van der Waals surface area contributed by atoms with E-state index in [-0.39, 0.29) is 0 Å². The van der Waals surface area contributed by atoms with Crippen molar-refractivity contribution in [3.63, 3.8) is 0 Å². The summed E-state index contributed by atoms with van der Waals surface area (Å²) in [5.74, 6) is 0. The molecule has 2 rings (SSSR count). The minimum atomic E-state index is 0.957. The van der Waals surface area contributed by atoms with E-state index in [1.54, 1.807) is 4.68 Å². The first kappa shape index (κ1) is 6.34. The number of hydrogen-bond acceptors (Lipinski definition) is 2. The summed E-state index contributed by atoms with van der Waals surface area (Å²) in [5, 5.41) is 4.23. The van der Waals surface area contributed by atoms with Gasteiger partial charge in [0.15, 0.2) is 0 Å². The van der Waals surface area contributed by atoms with Gasteiger partial charge in [0.25, 0.3) is 0 Å². The average Bonchev–Trinajstić information content (AvgIpc) is 2.27. The predicted molar refractivity (Wildman–Crippen MR) is 43.2 cm³/mol. The molecule has 0 aliphatic rings. The van der Waals surface area contributed by atoms with E-state index in [0.29, 0.717) is 0 Å². The molecule has 0 atom stereocenters. The molecule has 0 bridgehead atoms. The van der Waals surface area contributed by atoms with Crippen molar-refractivity contribution < 1.29 is 0 Å². The second-order valence-electron chi connectivity index (χ2n) is 2.72. The third-order valence-corrected chi connectivity index (χ3v) is 1.61. The normalized spacial score (nSPS) is 10.7. The van der Waals surface area contributed by atoms with Crippen LogP contribution in [0.15, 0.2) is 18.5 Å². The van der Waals surface area contributed by atoms with E-state index in [0.717, 1.165) is 16.6 Å². The lowest BCUT2D eigenvalue weighted by molar-refractivity contribution is 0.779. The Morgan fingerprint density at radius 2 is 2.18 bits per heavy atom. The highest BCUT2D eigenvalue weighted by Crippen LogP contribution is 2.08. The van der Waals surface area contributed by atoms with Crippen LogP contribution >= 0.6 is 0 Å². The molecule has 0 N–H and O–H groups in total. The van der Waals surface area contributed by atoms with Crippen LogP contribution in [-0.2, 0) is 7.05 Å². The first-order valence-corrected chi connectivity index (χ1v) is 3.52. The van der Waals surface area contributed by atoms with Crippen molar-refractivity contribution in [3.8, 4) is 0 Å². The van der Waals surface area contributed by atoms with Crippen molar-refractivity contribution in [2.45, 2.75) is 6.92 Å². The average molecular weight is 147 g/mol. The Hall–Kier alpha value is -1.38. The molecule has 56 valence electrons. The van der Waals surface area contributed by atoms with E-state index in [1.807, 2.05) is 32.4 Å². The first-order valence-electron chi connectivity index (χ1n) is 3.52. The Morgan fingerprint density at radius 3 is 3.00 bits per heavy atom. The lowest BCUT2D eigenvalue weighted by atomic mass is 10.3. The summed E-state index contributed by atoms with van der Waals surface area (Å²) in [6.07, 6.45) is 3.76. The van der Waals surface area contributed by atoms with Gasteiger partial charge in [-0.2, -0.15) is 5.10 Å². The fourth-order valence-corrected chi connectivity index (χ4v) is 1.12. The molecule has 0 aliphatic carbocycles. The van der Waals surface area contributed by atoms with Gasteiger partial charge in [0.05, 0.1) is 6.20 Å². The maximum absolute atomic E-state index is 4.23. The van der Waals surface area contributed by atoms with Crippen LogP contribution in [0.4, 0.5) is 0 Å². The Bertz CT molecular complexity index is 389. The first-order chi connectivity index (χ1) is 5.25. The van der Waals surface area contributed by atoms with Crippen molar-refractivity contribution in [2.75, 3.05) is 0 Å². The molecule has 0 fully saturated rings. The van der Waals surface area contributed by atoms with E-state index in [9.17, 15) is 0 Å². The topological polar surface area (TPSA) is 30.7 Å². The summed E-state index contributed by atoms with van der Waals surface area (Å²) >= 11 is 0. The van der Waals surface area contributed by atoms with Gasteiger partial charge in [-0.05, 0) is 18.6 Å². The highest BCUT2D eigenvalue weighted by atomic mass is 15.2. The zero-order chi connectivity index (χ0) is 7.84. The SMILES string of the molecule is Cc1cnc2cn(C)nc2c1. The zero-order valence-electron chi connectivity index (χ0n) is 6.57. The quantitative estimate of drug-likeness (QED) is 0.562. The van der Waals surface area contributed by atoms with Gasteiger partial charge >= 0.3 is 0 Å². The number of nitrogens with zero attached hydrogens (tertiary/aromatic N) is 3. The predicted octanol–water partition coefficient (Wildman–Crippen LogP) is 1.28. The molecule has 0 saturated heterocycles. The second-order valence-corrected chi connectivity index (χ2v) is 2.72. The van der Waals surface area contributed by atoms with Crippen LogP contribution in [0.25, 0.3) is 11.0 Å².